The molecule has 0 spiro atoms. The topological polar surface area (TPSA) is 42.0 Å². The van der Waals surface area contributed by atoms with Gasteiger partial charge in [0.25, 0.3) is 5.91 Å². The molecule has 1 heterocycles. The first-order valence-corrected chi connectivity index (χ1v) is 6.54. The second kappa shape index (κ2) is 5.58. The molecule has 0 radical (unpaired) electrons. The summed E-state index contributed by atoms with van der Waals surface area (Å²) in [4.78, 5) is 15.3. The monoisotopic (exact) mass is 372 g/mol. The number of amides is 1. The summed E-state index contributed by atoms with van der Waals surface area (Å²) in [6, 6.07) is 9.39. The van der Waals surface area contributed by atoms with E-state index in [0.29, 0.717) is 5.69 Å². The Labute approximate surface area is 120 Å². The Kier molecular flexibility index (Phi) is 4.08. The number of rotatable bonds is 2. The molecule has 0 atom stereocenters. The van der Waals surface area contributed by atoms with E-state index in [2.05, 4.69) is 42.2 Å². The van der Waals surface area contributed by atoms with Crippen molar-refractivity contribution in [2.45, 2.75) is 0 Å². The van der Waals surface area contributed by atoms with E-state index < -0.39 is 11.9 Å². The number of hydrogen-bond acceptors (Lipinski definition) is 2. The molecule has 1 N–H and O–H groups in total. The minimum absolute atomic E-state index is 0.0322. The molecule has 0 unspecified atom stereocenters. The summed E-state index contributed by atoms with van der Waals surface area (Å²) in [6.45, 7) is 0. The van der Waals surface area contributed by atoms with Crippen LogP contribution in [0.1, 0.15) is 10.5 Å². The lowest BCUT2D eigenvalue weighted by Gasteiger charge is -2.07. The van der Waals surface area contributed by atoms with E-state index in [4.69, 9.17) is 0 Å². The van der Waals surface area contributed by atoms with E-state index in [9.17, 15) is 9.18 Å². The smallest absolute Gasteiger partial charge is 0.274 e. The number of anilines is 1. The number of carbonyl (C=O) groups excluding carboxylic acids is 1. The molecule has 92 valence electrons. The Morgan fingerprint density at radius 3 is 2.67 bits per heavy atom. The molecule has 2 rings (SSSR count). The number of hydrogen-bond donors (Lipinski definition) is 1. The first kappa shape index (κ1) is 13.2. The fraction of sp³-hybridized carbons (Fsp3) is 0. The SMILES string of the molecule is O=C(Nc1ccc(Br)cc1Br)c1cccc(F)n1. The van der Waals surface area contributed by atoms with Gasteiger partial charge in [0.1, 0.15) is 5.69 Å². The second-order valence-electron chi connectivity index (χ2n) is 3.42. The van der Waals surface area contributed by atoms with Gasteiger partial charge in [0, 0.05) is 8.95 Å². The lowest BCUT2D eigenvalue weighted by molar-refractivity contribution is 0.102. The summed E-state index contributed by atoms with van der Waals surface area (Å²) in [5, 5.41) is 2.65. The highest BCUT2D eigenvalue weighted by Gasteiger charge is 2.10. The number of halogens is 3. The minimum Gasteiger partial charge on any atom is -0.320 e. The predicted molar refractivity (Wildman–Crippen MR) is 74.0 cm³/mol. The van der Waals surface area contributed by atoms with Crippen LogP contribution in [-0.2, 0) is 0 Å². The zero-order valence-electron chi connectivity index (χ0n) is 8.95. The number of benzene rings is 1. The largest absolute Gasteiger partial charge is 0.320 e. The molecule has 18 heavy (non-hydrogen) atoms. The van der Waals surface area contributed by atoms with Gasteiger partial charge in [0.15, 0.2) is 0 Å². The number of pyridine rings is 1. The van der Waals surface area contributed by atoms with E-state index in [1.807, 2.05) is 0 Å². The molecule has 0 saturated carbocycles. The van der Waals surface area contributed by atoms with Crippen LogP contribution in [0.3, 0.4) is 0 Å². The Morgan fingerprint density at radius 1 is 1.22 bits per heavy atom. The van der Waals surface area contributed by atoms with Crippen LogP contribution < -0.4 is 5.32 Å². The molecular weight excluding hydrogens is 367 g/mol. The third kappa shape index (κ3) is 3.14. The Balaban J connectivity index is 2.21. The molecule has 0 bridgehead atoms. The minimum atomic E-state index is -0.683. The third-order valence-corrected chi connectivity index (χ3v) is 3.28. The Hall–Kier alpha value is -1.27. The molecule has 0 aliphatic rings. The van der Waals surface area contributed by atoms with E-state index in [0.717, 1.165) is 8.95 Å². The van der Waals surface area contributed by atoms with Gasteiger partial charge >= 0.3 is 0 Å². The maximum Gasteiger partial charge on any atom is 0.274 e. The third-order valence-electron chi connectivity index (χ3n) is 2.13. The molecule has 1 aromatic carbocycles. The molecule has 0 aliphatic heterocycles. The van der Waals surface area contributed by atoms with Gasteiger partial charge in [-0.15, -0.1) is 0 Å². The zero-order chi connectivity index (χ0) is 13.1. The van der Waals surface area contributed by atoms with Gasteiger partial charge in [-0.25, -0.2) is 4.98 Å². The number of aromatic nitrogens is 1. The Bertz CT molecular complexity index is 604. The van der Waals surface area contributed by atoms with E-state index in [1.165, 1.54) is 18.2 Å². The van der Waals surface area contributed by atoms with Gasteiger partial charge in [-0.2, -0.15) is 4.39 Å². The molecule has 2 aromatic rings. The molecule has 1 amide bonds. The van der Waals surface area contributed by atoms with E-state index in [1.54, 1.807) is 18.2 Å². The average Bonchev–Trinajstić information content (AvgIpc) is 2.32. The zero-order valence-corrected chi connectivity index (χ0v) is 12.1. The van der Waals surface area contributed by atoms with Crippen molar-refractivity contribution < 1.29 is 9.18 Å². The lowest BCUT2D eigenvalue weighted by Crippen LogP contribution is -2.14. The van der Waals surface area contributed by atoms with Crippen molar-refractivity contribution in [2.24, 2.45) is 0 Å². The standard InChI is InChI=1S/C12H7Br2FN2O/c13-7-4-5-9(8(14)6-7)17-12(18)10-2-1-3-11(15)16-10/h1-6H,(H,17,18). The summed E-state index contributed by atoms with van der Waals surface area (Å²) < 4.78 is 14.5. The number of nitrogens with one attached hydrogen (secondary N) is 1. The van der Waals surface area contributed by atoms with Crippen LogP contribution in [0.25, 0.3) is 0 Å². The van der Waals surface area contributed by atoms with Crippen molar-refractivity contribution in [1.82, 2.24) is 4.98 Å². The highest BCUT2D eigenvalue weighted by atomic mass is 79.9. The number of carbonyl (C=O) groups is 1. The van der Waals surface area contributed by atoms with Gasteiger partial charge in [-0.1, -0.05) is 22.0 Å². The quantitative estimate of drug-likeness (QED) is 0.808. The highest BCUT2D eigenvalue weighted by molar-refractivity contribution is 9.11. The van der Waals surface area contributed by atoms with Crippen molar-refractivity contribution in [1.29, 1.82) is 0 Å². The van der Waals surface area contributed by atoms with Crippen molar-refractivity contribution in [3.05, 3.63) is 57.0 Å². The molecule has 6 heteroatoms. The maximum atomic E-state index is 12.9. The van der Waals surface area contributed by atoms with Crippen LogP contribution in [0.15, 0.2) is 45.3 Å². The first-order chi connectivity index (χ1) is 8.56. The Morgan fingerprint density at radius 2 is 2.00 bits per heavy atom. The van der Waals surface area contributed by atoms with Crippen LogP contribution in [0, 0.1) is 5.95 Å². The van der Waals surface area contributed by atoms with Gasteiger partial charge in [0.2, 0.25) is 5.95 Å². The lowest BCUT2D eigenvalue weighted by atomic mass is 10.3. The van der Waals surface area contributed by atoms with E-state index in [-0.39, 0.29) is 5.69 Å². The molecule has 0 aliphatic carbocycles. The second-order valence-corrected chi connectivity index (χ2v) is 5.19. The van der Waals surface area contributed by atoms with Gasteiger partial charge in [-0.05, 0) is 46.3 Å². The fourth-order valence-electron chi connectivity index (χ4n) is 1.31. The summed E-state index contributed by atoms with van der Waals surface area (Å²) in [5.74, 6) is -1.14. The van der Waals surface area contributed by atoms with Gasteiger partial charge in [-0.3, -0.25) is 4.79 Å². The number of nitrogens with zero attached hydrogens (tertiary/aromatic N) is 1. The molecule has 1 aromatic heterocycles. The van der Waals surface area contributed by atoms with Crippen LogP contribution in [0.2, 0.25) is 0 Å². The summed E-state index contributed by atoms with van der Waals surface area (Å²) in [7, 11) is 0. The van der Waals surface area contributed by atoms with Gasteiger partial charge in [0.05, 0.1) is 5.69 Å². The summed E-state index contributed by atoms with van der Waals surface area (Å²) in [5.41, 5.74) is 0.624. The van der Waals surface area contributed by atoms with Crippen molar-refractivity contribution in [2.75, 3.05) is 5.32 Å². The van der Waals surface area contributed by atoms with Crippen LogP contribution in [0.5, 0.6) is 0 Å². The van der Waals surface area contributed by atoms with Crippen molar-refractivity contribution >= 4 is 43.5 Å². The highest BCUT2D eigenvalue weighted by Crippen LogP contribution is 2.26. The normalized spacial score (nSPS) is 10.2. The van der Waals surface area contributed by atoms with Gasteiger partial charge < -0.3 is 5.32 Å². The summed E-state index contributed by atoms with van der Waals surface area (Å²) in [6.07, 6.45) is 0. The molecular formula is C12H7Br2FN2O. The van der Waals surface area contributed by atoms with Crippen molar-refractivity contribution in [3.8, 4) is 0 Å². The predicted octanol–water partition coefficient (Wildman–Crippen LogP) is 4.00. The maximum absolute atomic E-state index is 12.9. The van der Waals surface area contributed by atoms with E-state index >= 15 is 0 Å². The van der Waals surface area contributed by atoms with Crippen LogP contribution >= 0.6 is 31.9 Å². The molecule has 0 saturated heterocycles. The van der Waals surface area contributed by atoms with Crippen molar-refractivity contribution in [3.63, 3.8) is 0 Å². The van der Waals surface area contributed by atoms with Crippen LogP contribution in [0.4, 0.5) is 10.1 Å². The average molecular weight is 374 g/mol. The molecule has 0 fully saturated rings. The fourth-order valence-corrected chi connectivity index (χ4v) is 2.46. The van der Waals surface area contributed by atoms with Crippen LogP contribution in [-0.4, -0.2) is 10.9 Å². The first-order valence-electron chi connectivity index (χ1n) is 4.95. The molecule has 3 nitrogen and oxygen atoms in total. The summed E-state index contributed by atoms with van der Waals surface area (Å²) >= 11 is 6.64.